The Kier molecular flexibility index (Phi) is 4.46. The number of barbiturate groups is 1. The quantitative estimate of drug-likeness (QED) is 0.657. The molecule has 1 saturated heterocycles. The second kappa shape index (κ2) is 6.00. The van der Waals surface area contributed by atoms with Gasteiger partial charge in [0.05, 0.1) is 0 Å². The van der Waals surface area contributed by atoms with Gasteiger partial charge in [0, 0.05) is 10.0 Å². The molecule has 0 atom stereocenters. The summed E-state index contributed by atoms with van der Waals surface area (Å²) in [6, 6.07) is 5.28. The fourth-order valence-electron chi connectivity index (χ4n) is 2.46. The molecule has 0 unspecified atom stereocenters. The maximum Gasteiger partial charge on any atom is 0.338 e. The third kappa shape index (κ3) is 2.45. The van der Waals surface area contributed by atoms with Gasteiger partial charge in [-0.15, -0.1) is 0 Å². The number of amides is 5. The summed E-state index contributed by atoms with van der Waals surface area (Å²) in [5.41, 5.74) is -1.18. The van der Waals surface area contributed by atoms with Gasteiger partial charge in [-0.25, -0.2) is 4.79 Å². The van der Waals surface area contributed by atoms with Crippen molar-refractivity contribution < 1.29 is 19.2 Å². The number of imide groups is 4. The van der Waals surface area contributed by atoms with Gasteiger partial charge < -0.3 is 0 Å². The summed E-state index contributed by atoms with van der Waals surface area (Å²) in [5, 5.41) is 2.11. The van der Waals surface area contributed by atoms with Gasteiger partial charge in [0.2, 0.25) is 5.91 Å². The number of urea groups is 1. The Bertz CT molecular complexity index is 650. The minimum absolute atomic E-state index is 0.196. The second-order valence-electron chi connectivity index (χ2n) is 5.00. The maximum atomic E-state index is 12.6. The van der Waals surface area contributed by atoms with Crippen molar-refractivity contribution in [1.82, 2.24) is 10.2 Å². The summed E-state index contributed by atoms with van der Waals surface area (Å²) in [5.74, 6) is -2.15. The Hall–Kier alpha value is -2.02. The number of halogens is 1. The highest BCUT2D eigenvalue weighted by Gasteiger charge is 2.53. The average Bonchev–Trinajstić information content (AvgIpc) is 2.49. The zero-order chi connectivity index (χ0) is 16.5. The summed E-state index contributed by atoms with van der Waals surface area (Å²) in [6.45, 7) is 3.36. The van der Waals surface area contributed by atoms with E-state index in [4.69, 9.17) is 0 Å². The molecule has 116 valence electrons. The van der Waals surface area contributed by atoms with Crippen LogP contribution in [0.3, 0.4) is 0 Å². The Balaban J connectivity index is 2.42. The third-order valence-corrected chi connectivity index (χ3v) is 4.50. The van der Waals surface area contributed by atoms with Crippen LogP contribution in [0.25, 0.3) is 0 Å². The lowest BCUT2D eigenvalue weighted by Gasteiger charge is -2.37. The summed E-state index contributed by atoms with van der Waals surface area (Å²) in [7, 11) is 0. The Morgan fingerprint density at radius 1 is 1.14 bits per heavy atom. The second-order valence-corrected chi connectivity index (χ2v) is 5.92. The van der Waals surface area contributed by atoms with Crippen molar-refractivity contribution in [2.75, 3.05) is 0 Å². The predicted molar refractivity (Wildman–Crippen MR) is 81.9 cm³/mol. The van der Waals surface area contributed by atoms with E-state index >= 15 is 0 Å². The lowest BCUT2D eigenvalue weighted by atomic mass is 9.78. The van der Waals surface area contributed by atoms with Crippen molar-refractivity contribution in [2.45, 2.75) is 26.7 Å². The first kappa shape index (κ1) is 16.4. The molecule has 0 aromatic heterocycles. The monoisotopic (exact) mass is 366 g/mol. The SMILES string of the molecule is CCC1(CC)C(=O)NC(=O)N(C(=O)c2ccc(Br)cc2)C1=O. The van der Waals surface area contributed by atoms with Gasteiger partial charge >= 0.3 is 6.03 Å². The van der Waals surface area contributed by atoms with Gasteiger partial charge in [-0.05, 0) is 37.1 Å². The average molecular weight is 367 g/mol. The van der Waals surface area contributed by atoms with Crippen molar-refractivity contribution >= 4 is 39.7 Å². The molecule has 0 spiro atoms. The molecule has 22 heavy (non-hydrogen) atoms. The fraction of sp³-hybridized carbons (Fsp3) is 0.333. The van der Waals surface area contributed by atoms with E-state index < -0.39 is 29.2 Å². The van der Waals surface area contributed by atoms with E-state index in [0.29, 0.717) is 4.90 Å². The van der Waals surface area contributed by atoms with Crippen molar-refractivity contribution in [3.63, 3.8) is 0 Å². The van der Waals surface area contributed by atoms with Crippen molar-refractivity contribution in [1.29, 1.82) is 0 Å². The van der Waals surface area contributed by atoms with Crippen LogP contribution in [0.4, 0.5) is 4.79 Å². The molecule has 1 N–H and O–H groups in total. The molecule has 2 rings (SSSR count). The number of nitrogens with zero attached hydrogens (tertiary/aromatic N) is 1. The van der Waals surface area contributed by atoms with Gasteiger partial charge in [0.25, 0.3) is 11.8 Å². The van der Waals surface area contributed by atoms with Gasteiger partial charge in [0.1, 0.15) is 5.41 Å². The lowest BCUT2D eigenvalue weighted by Crippen LogP contribution is -2.64. The number of hydrogen-bond acceptors (Lipinski definition) is 4. The van der Waals surface area contributed by atoms with E-state index in [2.05, 4.69) is 21.2 Å². The highest BCUT2D eigenvalue weighted by atomic mass is 79.9. The van der Waals surface area contributed by atoms with Gasteiger partial charge in [-0.3, -0.25) is 19.7 Å². The first-order valence-corrected chi connectivity index (χ1v) is 7.66. The molecule has 1 aromatic carbocycles. The van der Waals surface area contributed by atoms with E-state index in [1.54, 1.807) is 26.0 Å². The number of carbonyl (C=O) groups is 4. The molecular formula is C15H15BrN2O4. The highest BCUT2D eigenvalue weighted by molar-refractivity contribution is 9.10. The lowest BCUT2D eigenvalue weighted by molar-refractivity contribution is -0.150. The Labute approximate surface area is 136 Å². The van der Waals surface area contributed by atoms with Crippen LogP contribution in [0.5, 0.6) is 0 Å². The van der Waals surface area contributed by atoms with Gasteiger partial charge in [-0.2, -0.15) is 4.90 Å². The van der Waals surface area contributed by atoms with E-state index in [9.17, 15) is 19.2 Å². The largest absolute Gasteiger partial charge is 0.338 e. The highest BCUT2D eigenvalue weighted by Crippen LogP contribution is 2.33. The van der Waals surface area contributed by atoms with Crippen molar-refractivity contribution in [3.05, 3.63) is 34.3 Å². The van der Waals surface area contributed by atoms with Crippen LogP contribution in [0.15, 0.2) is 28.7 Å². The molecule has 1 heterocycles. The minimum atomic E-state index is -1.38. The molecule has 1 aromatic rings. The molecular weight excluding hydrogens is 352 g/mol. The summed E-state index contributed by atoms with van der Waals surface area (Å²) in [6.07, 6.45) is 0.428. The van der Waals surface area contributed by atoms with Crippen LogP contribution in [-0.4, -0.2) is 28.7 Å². The van der Waals surface area contributed by atoms with Crippen LogP contribution in [0.1, 0.15) is 37.0 Å². The van der Waals surface area contributed by atoms with Crippen LogP contribution >= 0.6 is 15.9 Å². The van der Waals surface area contributed by atoms with E-state index in [1.807, 2.05) is 0 Å². The number of carbonyl (C=O) groups excluding carboxylic acids is 4. The number of hydrogen-bond donors (Lipinski definition) is 1. The topological polar surface area (TPSA) is 83.6 Å². The first-order valence-electron chi connectivity index (χ1n) is 6.87. The third-order valence-electron chi connectivity index (χ3n) is 3.97. The summed E-state index contributed by atoms with van der Waals surface area (Å²) in [4.78, 5) is 49.6. The number of rotatable bonds is 3. The van der Waals surface area contributed by atoms with Crippen LogP contribution in [0, 0.1) is 5.41 Å². The van der Waals surface area contributed by atoms with Crippen molar-refractivity contribution in [3.8, 4) is 0 Å². The van der Waals surface area contributed by atoms with Crippen molar-refractivity contribution in [2.24, 2.45) is 5.41 Å². The van der Waals surface area contributed by atoms with Crippen LogP contribution < -0.4 is 5.32 Å². The molecule has 6 nitrogen and oxygen atoms in total. The maximum absolute atomic E-state index is 12.6. The number of nitrogens with one attached hydrogen (secondary N) is 1. The molecule has 1 fully saturated rings. The molecule has 1 aliphatic heterocycles. The molecule has 7 heteroatoms. The van der Waals surface area contributed by atoms with Crippen LogP contribution in [-0.2, 0) is 9.59 Å². The first-order chi connectivity index (χ1) is 10.4. The summed E-state index contributed by atoms with van der Waals surface area (Å²) < 4.78 is 0.769. The molecule has 1 aliphatic rings. The van der Waals surface area contributed by atoms with Crippen LogP contribution in [0.2, 0.25) is 0 Å². The normalized spacial score (nSPS) is 17.4. The predicted octanol–water partition coefficient (Wildman–Crippen LogP) is 2.47. The zero-order valence-corrected chi connectivity index (χ0v) is 13.8. The Morgan fingerprint density at radius 2 is 1.68 bits per heavy atom. The minimum Gasteiger partial charge on any atom is -0.276 e. The Morgan fingerprint density at radius 3 is 2.18 bits per heavy atom. The van der Waals surface area contributed by atoms with E-state index in [1.165, 1.54) is 12.1 Å². The molecule has 0 saturated carbocycles. The summed E-state index contributed by atoms with van der Waals surface area (Å²) >= 11 is 3.25. The smallest absolute Gasteiger partial charge is 0.276 e. The zero-order valence-electron chi connectivity index (χ0n) is 12.2. The molecule has 0 radical (unpaired) electrons. The number of benzene rings is 1. The standard InChI is InChI=1S/C15H15BrN2O4/c1-3-15(4-2)12(20)17-14(22)18(13(15)21)11(19)9-5-7-10(16)8-6-9/h5-8H,3-4H2,1-2H3,(H,17,20,22). The fourth-order valence-corrected chi connectivity index (χ4v) is 2.72. The van der Waals surface area contributed by atoms with E-state index in [0.717, 1.165) is 4.47 Å². The molecule has 0 aliphatic carbocycles. The van der Waals surface area contributed by atoms with Gasteiger partial charge in [0.15, 0.2) is 0 Å². The molecule has 0 bridgehead atoms. The van der Waals surface area contributed by atoms with Gasteiger partial charge in [-0.1, -0.05) is 29.8 Å². The molecule has 5 amide bonds. The van der Waals surface area contributed by atoms with E-state index in [-0.39, 0.29) is 18.4 Å².